The standard InChI is InChI=1S/C11H16N2O2/c14-6-9(7-15)12-11-5-4-8-2-1-3-10(8)13-11/h4-5,9,14-15H,1-3,6-7H2,(H,12,13). The zero-order valence-electron chi connectivity index (χ0n) is 8.61. The van der Waals surface area contributed by atoms with Crippen molar-refractivity contribution in [3.8, 4) is 0 Å². The van der Waals surface area contributed by atoms with Crippen LogP contribution in [0.1, 0.15) is 17.7 Å². The Bertz CT molecular complexity index is 337. The van der Waals surface area contributed by atoms with Crippen LogP contribution in [0, 0.1) is 0 Å². The predicted molar refractivity (Wildman–Crippen MR) is 57.8 cm³/mol. The van der Waals surface area contributed by atoms with Gasteiger partial charge in [-0.05, 0) is 30.9 Å². The van der Waals surface area contributed by atoms with Crippen LogP contribution in [-0.4, -0.2) is 34.5 Å². The van der Waals surface area contributed by atoms with Gasteiger partial charge < -0.3 is 15.5 Å². The number of aliphatic hydroxyl groups excluding tert-OH is 2. The average Bonchev–Trinajstić information content (AvgIpc) is 2.73. The third kappa shape index (κ3) is 2.27. The SMILES string of the molecule is OCC(CO)Nc1ccc2c(n1)CCC2. The lowest BCUT2D eigenvalue weighted by atomic mass is 10.2. The van der Waals surface area contributed by atoms with E-state index in [9.17, 15) is 0 Å². The van der Waals surface area contributed by atoms with Gasteiger partial charge in [-0.1, -0.05) is 6.07 Å². The van der Waals surface area contributed by atoms with Crippen LogP contribution in [0.5, 0.6) is 0 Å². The fraction of sp³-hybridized carbons (Fsp3) is 0.545. The molecule has 1 heterocycles. The topological polar surface area (TPSA) is 65.4 Å². The van der Waals surface area contributed by atoms with E-state index in [0.717, 1.165) is 24.4 Å². The van der Waals surface area contributed by atoms with Crippen LogP contribution in [0.4, 0.5) is 5.82 Å². The predicted octanol–water partition coefficient (Wildman–Crippen LogP) is 0.335. The fourth-order valence-electron chi connectivity index (χ4n) is 1.86. The van der Waals surface area contributed by atoms with Gasteiger partial charge in [0.25, 0.3) is 0 Å². The van der Waals surface area contributed by atoms with Crippen molar-refractivity contribution in [2.45, 2.75) is 25.3 Å². The number of fused-ring (bicyclic) bond motifs is 1. The van der Waals surface area contributed by atoms with Crippen LogP contribution >= 0.6 is 0 Å². The smallest absolute Gasteiger partial charge is 0.126 e. The molecule has 1 aliphatic rings. The molecule has 4 nitrogen and oxygen atoms in total. The molecule has 4 heteroatoms. The van der Waals surface area contributed by atoms with Gasteiger partial charge in [-0.3, -0.25) is 0 Å². The third-order valence-corrected chi connectivity index (χ3v) is 2.72. The molecule has 2 rings (SSSR count). The molecule has 0 radical (unpaired) electrons. The van der Waals surface area contributed by atoms with Crippen LogP contribution in [0.25, 0.3) is 0 Å². The van der Waals surface area contributed by atoms with Crippen molar-refractivity contribution in [2.24, 2.45) is 0 Å². The molecule has 0 fully saturated rings. The molecule has 0 bridgehead atoms. The van der Waals surface area contributed by atoms with Crippen LogP contribution < -0.4 is 5.32 Å². The third-order valence-electron chi connectivity index (χ3n) is 2.72. The summed E-state index contributed by atoms with van der Waals surface area (Å²) in [7, 11) is 0. The molecule has 82 valence electrons. The van der Waals surface area contributed by atoms with E-state index >= 15 is 0 Å². The highest BCUT2D eigenvalue weighted by Crippen LogP contribution is 2.21. The first-order valence-corrected chi connectivity index (χ1v) is 5.30. The maximum absolute atomic E-state index is 8.93. The minimum atomic E-state index is -0.322. The van der Waals surface area contributed by atoms with Gasteiger partial charge in [0, 0.05) is 5.69 Å². The number of nitrogens with zero attached hydrogens (tertiary/aromatic N) is 1. The zero-order valence-corrected chi connectivity index (χ0v) is 8.61. The number of aromatic nitrogens is 1. The second kappa shape index (κ2) is 4.59. The molecule has 1 aromatic rings. The molecule has 1 aromatic heterocycles. The van der Waals surface area contributed by atoms with Crippen molar-refractivity contribution in [2.75, 3.05) is 18.5 Å². The lowest BCUT2D eigenvalue weighted by Gasteiger charge is -2.14. The number of anilines is 1. The Hall–Kier alpha value is -1.13. The summed E-state index contributed by atoms with van der Waals surface area (Å²) in [6, 6.07) is 3.66. The van der Waals surface area contributed by atoms with Crippen molar-refractivity contribution in [1.29, 1.82) is 0 Å². The Balaban J connectivity index is 2.09. The van der Waals surface area contributed by atoms with E-state index in [1.54, 1.807) is 0 Å². The fourth-order valence-corrected chi connectivity index (χ4v) is 1.86. The molecular formula is C11H16N2O2. The lowest BCUT2D eigenvalue weighted by molar-refractivity contribution is 0.203. The summed E-state index contributed by atoms with van der Waals surface area (Å²) in [5, 5.41) is 20.9. The monoisotopic (exact) mass is 208 g/mol. The molecule has 3 N–H and O–H groups in total. The van der Waals surface area contributed by atoms with Gasteiger partial charge in [0.05, 0.1) is 19.3 Å². The Kier molecular flexibility index (Phi) is 3.18. The van der Waals surface area contributed by atoms with E-state index in [2.05, 4.69) is 16.4 Å². The second-order valence-corrected chi connectivity index (χ2v) is 3.86. The number of nitrogens with one attached hydrogen (secondary N) is 1. The van der Waals surface area contributed by atoms with Crippen molar-refractivity contribution in [1.82, 2.24) is 4.98 Å². The molecule has 0 aliphatic heterocycles. The quantitative estimate of drug-likeness (QED) is 0.667. The number of pyridine rings is 1. The second-order valence-electron chi connectivity index (χ2n) is 3.86. The number of hydrogen-bond acceptors (Lipinski definition) is 4. The number of rotatable bonds is 4. The van der Waals surface area contributed by atoms with Gasteiger partial charge in [0.1, 0.15) is 5.82 Å². The van der Waals surface area contributed by atoms with Crippen LogP contribution in [0.15, 0.2) is 12.1 Å². The van der Waals surface area contributed by atoms with Crippen LogP contribution in [0.3, 0.4) is 0 Å². The summed E-state index contributed by atoms with van der Waals surface area (Å²) >= 11 is 0. The molecule has 15 heavy (non-hydrogen) atoms. The molecule has 0 amide bonds. The van der Waals surface area contributed by atoms with E-state index in [4.69, 9.17) is 10.2 Å². The average molecular weight is 208 g/mol. The molecule has 0 spiro atoms. The largest absolute Gasteiger partial charge is 0.394 e. The summed E-state index contributed by atoms with van der Waals surface area (Å²) < 4.78 is 0. The van der Waals surface area contributed by atoms with E-state index in [-0.39, 0.29) is 19.3 Å². The lowest BCUT2D eigenvalue weighted by Crippen LogP contribution is -2.28. The van der Waals surface area contributed by atoms with Gasteiger partial charge in [0.2, 0.25) is 0 Å². The Morgan fingerprint density at radius 1 is 1.27 bits per heavy atom. The molecule has 0 unspecified atom stereocenters. The molecule has 1 aliphatic carbocycles. The number of aryl methyl sites for hydroxylation is 2. The van der Waals surface area contributed by atoms with Gasteiger partial charge in [-0.2, -0.15) is 0 Å². The molecule has 0 saturated carbocycles. The Morgan fingerprint density at radius 3 is 2.80 bits per heavy atom. The maximum atomic E-state index is 8.93. The van der Waals surface area contributed by atoms with Gasteiger partial charge in [-0.15, -0.1) is 0 Å². The number of hydrogen-bond donors (Lipinski definition) is 3. The highest BCUT2D eigenvalue weighted by molar-refractivity contribution is 5.41. The van der Waals surface area contributed by atoms with Crippen LogP contribution in [0.2, 0.25) is 0 Å². The van der Waals surface area contributed by atoms with Crippen molar-refractivity contribution >= 4 is 5.82 Å². The summed E-state index contributed by atoms with van der Waals surface area (Å²) in [6.45, 7) is -0.176. The summed E-state index contributed by atoms with van der Waals surface area (Å²) in [5.41, 5.74) is 2.47. The van der Waals surface area contributed by atoms with Crippen molar-refractivity contribution < 1.29 is 10.2 Å². The summed E-state index contributed by atoms with van der Waals surface area (Å²) in [6.07, 6.45) is 3.33. The van der Waals surface area contributed by atoms with E-state index < -0.39 is 0 Å². The van der Waals surface area contributed by atoms with E-state index in [1.807, 2.05) is 6.07 Å². The summed E-state index contributed by atoms with van der Waals surface area (Å²) in [4.78, 5) is 4.46. The molecular weight excluding hydrogens is 192 g/mol. The molecule has 0 saturated heterocycles. The minimum absolute atomic E-state index is 0.0880. The highest BCUT2D eigenvalue weighted by Gasteiger charge is 2.13. The highest BCUT2D eigenvalue weighted by atomic mass is 16.3. The normalized spacial score (nSPS) is 14.3. The van der Waals surface area contributed by atoms with Gasteiger partial charge in [-0.25, -0.2) is 4.98 Å². The van der Waals surface area contributed by atoms with Crippen molar-refractivity contribution in [3.63, 3.8) is 0 Å². The van der Waals surface area contributed by atoms with Gasteiger partial charge >= 0.3 is 0 Å². The Labute approximate surface area is 89.0 Å². The molecule has 0 aromatic carbocycles. The minimum Gasteiger partial charge on any atom is -0.394 e. The first-order valence-electron chi connectivity index (χ1n) is 5.30. The van der Waals surface area contributed by atoms with E-state index in [0.29, 0.717) is 0 Å². The van der Waals surface area contributed by atoms with Gasteiger partial charge in [0.15, 0.2) is 0 Å². The maximum Gasteiger partial charge on any atom is 0.126 e. The van der Waals surface area contributed by atoms with Crippen molar-refractivity contribution in [3.05, 3.63) is 23.4 Å². The first kappa shape index (κ1) is 10.4. The Morgan fingerprint density at radius 2 is 2.07 bits per heavy atom. The molecule has 0 atom stereocenters. The number of aliphatic hydroxyl groups is 2. The van der Waals surface area contributed by atoms with E-state index in [1.165, 1.54) is 12.0 Å². The van der Waals surface area contributed by atoms with Crippen LogP contribution in [-0.2, 0) is 12.8 Å². The zero-order chi connectivity index (χ0) is 10.7. The summed E-state index contributed by atoms with van der Waals surface area (Å²) in [5.74, 6) is 0.740. The first-order chi connectivity index (χ1) is 7.33.